The third-order valence-corrected chi connectivity index (χ3v) is 3.85. The molecule has 0 unspecified atom stereocenters. The first-order valence-electron chi connectivity index (χ1n) is 8.56. The van der Waals surface area contributed by atoms with Crippen LogP contribution in [0.25, 0.3) is 0 Å². The van der Waals surface area contributed by atoms with E-state index < -0.39 is 11.8 Å². The van der Waals surface area contributed by atoms with Gasteiger partial charge in [0.15, 0.2) is 11.5 Å². The fourth-order valence-corrected chi connectivity index (χ4v) is 2.36. The largest absolute Gasteiger partial charge is 0.496 e. The zero-order valence-electron chi connectivity index (χ0n) is 15.9. The van der Waals surface area contributed by atoms with Gasteiger partial charge in [-0.1, -0.05) is 13.0 Å². The number of amides is 2. The number of nitrogens with one attached hydrogen (secondary N) is 2. The first kappa shape index (κ1) is 20.1. The Morgan fingerprint density at radius 3 is 1.96 bits per heavy atom. The van der Waals surface area contributed by atoms with Gasteiger partial charge in [0.1, 0.15) is 5.75 Å². The highest BCUT2D eigenvalue weighted by molar-refractivity contribution is 5.99. The standard InChI is InChI=1S/C20H24N2O5/c1-5-10-27-16-9-8-15(12-18(16)26-4)20(24)22-21-19(23)14-7-6-13(2)17(11-14)25-3/h6-9,11-12H,5,10H2,1-4H3,(H,21,23)(H,22,24). The van der Waals surface area contributed by atoms with Crippen molar-refractivity contribution in [2.75, 3.05) is 20.8 Å². The van der Waals surface area contributed by atoms with Crippen LogP contribution < -0.4 is 25.1 Å². The molecule has 2 aromatic rings. The van der Waals surface area contributed by atoms with E-state index in [1.807, 2.05) is 13.8 Å². The number of ether oxygens (including phenoxy) is 3. The third-order valence-electron chi connectivity index (χ3n) is 3.85. The monoisotopic (exact) mass is 372 g/mol. The van der Waals surface area contributed by atoms with Crippen LogP contribution in [-0.2, 0) is 0 Å². The zero-order chi connectivity index (χ0) is 19.8. The van der Waals surface area contributed by atoms with Crippen molar-refractivity contribution in [2.45, 2.75) is 20.3 Å². The average molecular weight is 372 g/mol. The Hall–Kier alpha value is -3.22. The van der Waals surface area contributed by atoms with E-state index in [4.69, 9.17) is 14.2 Å². The van der Waals surface area contributed by atoms with Crippen LogP contribution in [0.3, 0.4) is 0 Å². The summed E-state index contributed by atoms with van der Waals surface area (Å²) in [5, 5.41) is 0. The molecule has 0 radical (unpaired) electrons. The molecule has 144 valence electrons. The molecule has 0 bridgehead atoms. The second kappa shape index (κ2) is 9.47. The van der Waals surface area contributed by atoms with Crippen molar-refractivity contribution in [3.8, 4) is 17.2 Å². The molecule has 2 aromatic carbocycles. The van der Waals surface area contributed by atoms with Gasteiger partial charge >= 0.3 is 0 Å². The van der Waals surface area contributed by atoms with E-state index in [2.05, 4.69) is 10.9 Å². The van der Waals surface area contributed by atoms with Gasteiger partial charge in [-0.05, 0) is 49.2 Å². The smallest absolute Gasteiger partial charge is 0.269 e. The number of hydrazine groups is 1. The molecule has 7 nitrogen and oxygen atoms in total. The Balaban J connectivity index is 2.03. The van der Waals surface area contributed by atoms with Crippen LogP contribution in [0.15, 0.2) is 36.4 Å². The number of carbonyl (C=O) groups excluding carboxylic acids is 2. The number of aryl methyl sites for hydroxylation is 1. The molecule has 7 heteroatoms. The predicted octanol–water partition coefficient (Wildman–Crippen LogP) is 2.88. The van der Waals surface area contributed by atoms with Gasteiger partial charge in [-0.25, -0.2) is 0 Å². The molecule has 0 aliphatic carbocycles. The van der Waals surface area contributed by atoms with Gasteiger partial charge in [-0.2, -0.15) is 0 Å². The number of rotatable bonds is 7. The summed E-state index contributed by atoms with van der Waals surface area (Å²) in [5.41, 5.74) is 6.39. The molecule has 0 heterocycles. The number of benzene rings is 2. The number of methoxy groups -OCH3 is 2. The zero-order valence-corrected chi connectivity index (χ0v) is 15.9. The lowest BCUT2D eigenvalue weighted by atomic mass is 10.1. The number of hydrogen-bond acceptors (Lipinski definition) is 5. The van der Waals surface area contributed by atoms with E-state index in [0.717, 1.165) is 12.0 Å². The highest BCUT2D eigenvalue weighted by Crippen LogP contribution is 2.28. The first-order valence-corrected chi connectivity index (χ1v) is 8.56. The van der Waals surface area contributed by atoms with Crippen LogP contribution in [0, 0.1) is 6.92 Å². The van der Waals surface area contributed by atoms with E-state index in [1.165, 1.54) is 14.2 Å². The van der Waals surface area contributed by atoms with Crippen molar-refractivity contribution in [3.63, 3.8) is 0 Å². The van der Waals surface area contributed by atoms with Crippen molar-refractivity contribution in [2.24, 2.45) is 0 Å². The summed E-state index contributed by atoms with van der Waals surface area (Å²) in [7, 11) is 3.04. The molecule has 27 heavy (non-hydrogen) atoms. The number of carbonyl (C=O) groups is 2. The lowest BCUT2D eigenvalue weighted by Crippen LogP contribution is -2.41. The van der Waals surface area contributed by atoms with E-state index in [1.54, 1.807) is 36.4 Å². The van der Waals surface area contributed by atoms with Crippen LogP contribution in [0.2, 0.25) is 0 Å². The predicted molar refractivity (Wildman–Crippen MR) is 101 cm³/mol. The van der Waals surface area contributed by atoms with Gasteiger partial charge in [-0.3, -0.25) is 20.4 Å². The molecule has 2 amide bonds. The van der Waals surface area contributed by atoms with Crippen LogP contribution in [-0.4, -0.2) is 32.6 Å². The minimum atomic E-state index is -0.470. The molecular weight excluding hydrogens is 348 g/mol. The normalized spacial score (nSPS) is 10.1. The Kier molecular flexibility index (Phi) is 7.05. The molecule has 0 aromatic heterocycles. The topological polar surface area (TPSA) is 85.9 Å². The molecule has 0 fully saturated rings. The van der Waals surface area contributed by atoms with E-state index in [-0.39, 0.29) is 0 Å². The molecule has 2 rings (SSSR count). The maximum Gasteiger partial charge on any atom is 0.269 e. The second-order valence-corrected chi connectivity index (χ2v) is 5.81. The number of hydrogen-bond donors (Lipinski definition) is 2. The lowest BCUT2D eigenvalue weighted by Gasteiger charge is -2.12. The highest BCUT2D eigenvalue weighted by atomic mass is 16.5. The van der Waals surface area contributed by atoms with Gasteiger partial charge in [0, 0.05) is 11.1 Å². The van der Waals surface area contributed by atoms with Crippen molar-refractivity contribution >= 4 is 11.8 Å². The van der Waals surface area contributed by atoms with E-state index in [0.29, 0.717) is 35.0 Å². The Morgan fingerprint density at radius 2 is 1.41 bits per heavy atom. The van der Waals surface area contributed by atoms with Crippen LogP contribution in [0.4, 0.5) is 0 Å². The summed E-state index contributed by atoms with van der Waals surface area (Å²) in [4.78, 5) is 24.5. The van der Waals surface area contributed by atoms with Crippen LogP contribution in [0.1, 0.15) is 39.6 Å². The Morgan fingerprint density at radius 1 is 0.852 bits per heavy atom. The molecule has 0 aliphatic heterocycles. The summed E-state index contributed by atoms with van der Waals surface area (Å²) in [6.45, 7) is 4.43. The second-order valence-electron chi connectivity index (χ2n) is 5.81. The van der Waals surface area contributed by atoms with Gasteiger partial charge in [-0.15, -0.1) is 0 Å². The van der Waals surface area contributed by atoms with Crippen LogP contribution >= 0.6 is 0 Å². The van der Waals surface area contributed by atoms with Gasteiger partial charge in [0.2, 0.25) is 0 Å². The van der Waals surface area contributed by atoms with Crippen molar-refractivity contribution in [1.82, 2.24) is 10.9 Å². The first-order chi connectivity index (χ1) is 13.0. The summed E-state index contributed by atoms with van der Waals surface area (Å²) in [6.07, 6.45) is 0.862. The van der Waals surface area contributed by atoms with Crippen molar-refractivity contribution < 1.29 is 23.8 Å². The van der Waals surface area contributed by atoms with Crippen molar-refractivity contribution in [1.29, 1.82) is 0 Å². The summed E-state index contributed by atoms with van der Waals surface area (Å²) < 4.78 is 16.0. The summed E-state index contributed by atoms with van der Waals surface area (Å²) >= 11 is 0. The van der Waals surface area contributed by atoms with Gasteiger partial charge in [0.05, 0.1) is 20.8 Å². The van der Waals surface area contributed by atoms with Gasteiger partial charge < -0.3 is 14.2 Å². The fourth-order valence-electron chi connectivity index (χ4n) is 2.36. The molecule has 2 N–H and O–H groups in total. The molecular formula is C20H24N2O5. The van der Waals surface area contributed by atoms with Crippen LogP contribution in [0.5, 0.6) is 17.2 Å². The SMILES string of the molecule is CCCOc1ccc(C(=O)NNC(=O)c2ccc(C)c(OC)c2)cc1OC. The molecule has 0 spiro atoms. The van der Waals surface area contributed by atoms with E-state index >= 15 is 0 Å². The molecule has 0 atom stereocenters. The maximum absolute atomic E-state index is 12.3. The maximum atomic E-state index is 12.3. The molecule has 0 saturated heterocycles. The van der Waals surface area contributed by atoms with Crippen molar-refractivity contribution in [3.05, 3.63) is 53.1 Å². The highest BCUT2D eigenvalue weighted by Gasteiger charge is 2.13. The quantitative estimate of drug-likeness (QED) is 0.730. The molecule has 0 saturated carbocycles. The van der Waals surface area contributed by atoms with Gasteiger partial charge in [0.25, 0.3) is 11.8 Å². The summed E-state index contributed by atoms with van der Waals surface area (Å²) in [6, 6.07) is 9.86. The minimum Gasteiger partial charge on any atom is -0.496 e. The Bertz CT molecular complexity index is 820. The van der Waals surface area contributed by atoms with E-state index in [9.17, 15) is 9.59 Å². The molecule has 0 aliphatic rings. The minimum absolute atomic E-state index is 0.331. The summed E-state index contributed by atoms with van der Waals surface area (Å²) in [5.74, 6) is 0.693. The Labute approximate surface area is 158 Å². The lowest BCUT2D eigenvalue weighted by molar-refractivity contribution is 0.0846. The average Bonchev–Trinajstić information content (AvgIpc) is 2.70. The third kappa shape index (κ3) is 5.13. The fraction of sp³-hybridized carbons (Fsp3) is 0.300.